The first-order valence-corrected chi connectivity index (χ1v) is 5.63. The summed E-state index contributed by atoms with van der Waals surface area (Å²) < 4.78 is 0. The van der Waals surface area contributed by atoms with Gasteiger partial charge in [-0.2, -0.15) is 0 Å². The van der Waals surface area contributed by atoms with E-state index in [0.717, 1.165) is 18.0 Å². The summed E-state index contributed by atoms with van der Waals surface area (Å²) in [4.78, 5) is 26.7. The van der Waals surface area contributed by atoms with Gasteiger partial charge in [-0.05, 0) is 13.8 Å². The standard InChI is InChI=1S/C12H12N4O/c1-3-16-7(2)15-12-9(16)4-10(17)8-5-13-6-14-11(8)12/h4-7H,3H2,1-2H3. The highest BCUT2D eigenvalue weighted by atomic mass is 16.1. The van der Waals surface area contributed by atoms with Crippen molar-refractivity contribution in [3.05, 3.63) is 35.6 Å². The van der Waals surface area contributed by atoms with E-state index >= 15 is 0 Å². The van der Waals surface area contributed by atoms with Crippen molar-refractivity contribution in [1.29, 1.82) is 0 Å². The van der Waals surface area contributed by atoms with Crippen LogP contribution in [0.1, 0.15) is 29.9 Å². The number of fused-ring (bicyclic) bond motifs is 3. The van der Waals surface area contributed by atoms with E-state index < -0.39 is 0 Å². The van der Waals surface area contributed by atoms with Crippen molar-refractivity contribution in [2.45, 2.75) is 20.0 Å². The number of carbonyl (C=O) groups is 1. The smallest absolute Gasteiger partial charge is 0.191 e. The highest BCUT2D eigenvalue weighted by molar-refractivity contribution is 6.25. The molecule has 1 atom stereocenters. The molecule has 0 spiro atoms. The van der Waals surface area contributed by atoms with Crippen LogP contribution in [0.3, 0.4) is 0 Å². The third-order valence-electron chi connectivity index (χ3n) is 3.13. The average molecular weight is 228 g/mol. The summed E-state index contributed by atoms with van der Waals surface area (Å²) >= 11 is 0. The van der Waals surface area contributed by atoms with Crippen LogP contribution in [0.2, 0.25) is 0 Å². The second kappa shape index (κ2) is 3.48. The van der Waals surface area contributed by atoms with E-state index in [2.05, 4.69) is 26.8 Å². The second-order valence-corrected chi connectivity index (χ2v) is 4.07. The van der Waals surface area contributed by atoms with Crippen molar-refractivity contribution >= 4 is 11.5 Å². The maximum absolute atomic E-state index is 12.0. The summed E-state index contributed by atoms with van der Waals surface area (Å²) in [6, 6.07) is 0. The van der Waals surface area contributed by atoms with E-state index in [1.807, 2.05) is 6.92 Å². The average Bonchev–Trinajstić information content (AvgIpc) is 2.66. The van der Waals surface area contributed by atoms with E-state index in [0.29, 0.717) is 11.3 Å². The zero-order chi connectivity index (χ0) is 12.0. The van der Waals surface area contributed by atoms with Crippen molar-refractivity contribution in [3.8, 4) is 0 Å². The maximum atomic E-state index is 12.0. The van der Waals surface area contributed by atoms with Gasteiger partial charge in [-0.15, -0.1) is 0 Å². The van der Waals surface area contributed by atoms with Crippen LogP contribution in [0.15, 0.2) is 29.3 Å². The largest absolute Gasteiger partial charge is 0.348 e. The van der Waals surface area contributed by atoms with E-state index in [4.69, 9.17) is 0 Å². The van der Waals surface area contributed by atoms with Gasteiger partial charge in [-0.1, -0.05) is 0 Å². The zero-order valence-corrected chi connectivity index (χ0v) is 9.71. The molecular weight excluding hydrogens is 216 g/mol. The van der Waals surface area contributed by atoms with Gasteiger partial charge in [0, 0.05) is 18.8 Å². The molecule has 2 aliphatic rings. The Kier molecular flexibility index (Phi) is 2.07. The normalized spacial score (nSPS) is 21.9. The summed E-state index contributed by atoms with van der Waals surface area (Å²) in [6.45, 7) is 4.89. The molecule has 17 heavy (non-hydrogen) atoms. The van der Waals surface area contributed by atoms with Gasteiger partial charge in [0.05, 0.1) is 11.3 Å². The predicted molar refractivity (Wildman–Crippen MR) is 62.8 cm³/mol. The van der Waals surface area contributed by atoms with Crippen LogP contribution < -0.4 is 0 Å². The Hall–Kier alpha value is -2.04. The summed E-state index contributed by atoms with van der Waals surface area (Å²) in [5.41, 5.74) is 2.90. The topological polar surface area (TPSA) is 58.5 Å². The van der Waals surface area contributed by atoms with Crippen LogP contribution in [0.25, 0.3) is 0 Å². The minimum absolute atomic E-state index is 0.0397. The molecule has 1 aromatic heterocycles. The quantitative estimate of drug-likeness (QED) is 0.720. The van der Waals surface area contributed by atoms with Crippen molar-refractivity contribution < 1.29 is 4.79 Å². The van der Waals surface area contributed by atoms with E-state index in [1.54, 1.807) is 12.3 Å². The molecule has 86 valence electrons. The molecular formula is C12H12N4O. The lowest BCUT2D eigenvalue weighted by Crippen LogP contribution is -2.30. The fraction of sp³-hybridized carbons (Fsp3) is 0.333. The number of allylic oxidation sites excluding steroid dienone is 2. The molecule has 5 nitrogen and oxygen atoms in total. The molecule has 0 fully saturated rings. The second-order valence-electron chi connectivity index (χ2n) is 4.07. The van der Waals surface area contributed by atoms with Crippen molar-refractivity contribution in [1.82, 2.24) is 14.9 Å². The molecule has 1 aromatic rings. The fourth-order valence-corrected chi connectivity index (χ4v) is 2.33. The Bertz CT molecular complexity index is 561. The summed E-state index contributed by atoms with van der Waals surface area (Å²) in [6.07, 6.45) is 4.71. The molecule has 0 amide bonds. The summed E-state index contributed by atoms with van der Waals surface area (Å²) in [5, 5.41) is 0. The highest BCUT2D eigenvalue weighted by Crippen LogP contribution is 2.29. The lowest BCUT2D eigenvalue weighted by molar-refractivity contribution is 0.104. The molecule has 0 bridgehead atoms. The minimum Gasteiger partial charge on any atom is -0.348 e. The third kappa shape index (κ3) is 1.32. The Morgan fingerprint density at radius 3 is 3.06 bits per heavy atom. The first-order valence-electron chi connectivity index (χ1n) is 5.63. The summed E-state index contributed by atoms with van der Waals surface area (Å²) in [5.74, 6) is -0.0397. The minimum atomic E-state index is -0.0397. The van der Waals surface area contributed by atoms with Gasteiger partial charge >= 0.3 is 0 Å². The van der Waals surface area contributed by atoms with Gasteiger partial charge in [0.2, 0.25) is 0 Å². The van der Waals surface area contributed by atoms with Crippen molar-refractivity contribution in [2.75, 3.05) is 6.54 Å². The fourth-order valence-electron chi connectivity index (χ4n) is 2.33. The monoisotopic (exact) mass is 228 g/mol. The van der Waals surface area contributed by atoms with E-state index in [1.165, 1.54) is 6.33 Å². The summed E-state index contributed by atoms with van der Waals surface area (Å²) in [7, 11) is 0. The molecule has 3 rings (SSSR count). The lowest BCUT2D eigenvalue weighted by atomic mass is 9.98. The van der Waals surface area contributed by atoms with E-state index in [9.17, 15) is 4.79 Å². The number of carbonyl (C=O) groups excluding carboxylic acids is 1. The van der Waals surface area contributed by atoms with Crippen LogP contribution in [0.5, 0.6) is 0 Å². The molecule has 2 heterocycles. The molecule has 0 saturated heterocycles. The van der Waals surface area contributed by atoms with Gasteiger partial charge in [0.25, 0.3) is 0 Å². The van der Waals surface area contributed by atoms with Crippen molar-refractivity contribution in [2.24, 2.45) is 4.99 Å². The molecule has 0 aromatic carbocycles. The number of nitrogens with zero attached hydrogens (tertiary/aromatic N) is 4. The molecule has 0 N–H and O–H groups in total. The van der Waals surface area contributed by atoms with Gasteiger partial charge in [-0.25, -0.2) is 9.97 Å². The third-order valence-corrected chi connectivity index (χ3v) is 3.13. The first-order chi connectivity index (χ1) is 8.22. The molecule has 1 unspecified atom stereocenters. The molecule has 1 aliphatic carbocycles. The number of ketones is 1. The Morgan fingerprint density at radius 1 is 1.47 bits per heavy atom. The Labute approximate surface area is 98.9 Å². The molecule has 0 saturated carbocycles. The number of aromatic nitrogens is 2. The maximum Gasteiger partial charge on any atom is 0.191 e. The van der Waals surface area contributed by atoms with Gasteiger partial charge in [0.15, 0.2) is 5.78 Å². The van der Waals surface area contributed by atoms with Crippen LogP contribution in [-0.4, -0.2) is 39.1 Å². The highest BCUT2D eigenvalue weighted by Gasteiger charge is 2.34. The molecule has 0 radical (unpaired) electrons. The Morgan fingerprint density at radius 2 is 2.29 bits per heavy atom. The number of hydrogen-bond donors (Lipinski definition) is 0. The number of aliphatic imine (C=N–C) groups is 1. The van der Waals surface area contributed by atoms with Crippen LogP contribution in [0.4, 0.5) is 0 Å². The van der Waals surface area contributed by atoms with Crippen molar-refractivity contribution in [3.63, 3.8) is 0 Å². The Balaban J connectivity index is 2.20. The lowest BCUT2D eigenvalue weighted by Gasteiger charge is -2.24. The number of hydrogen-bond acceptors (Lipinski definition) is 5. The van der Waals surface area contributed by atoms with Crippen LogP contribution in [0, 0.1) is 0 Å². The van der Waals surface area contributed by atoms with Crippen LogP contribution in [-0.2, 0) is 0 Å². The van der Waals surface area contributed by atoms with Gasteiger partial charge in [-0.3, -0.25) is 9.79 Å². The first kappa shape index (κ1) is 10.1. The van der Waals surface area contributed by atoms with Crippen LogP contribution >= 0.6 is 0 Å². The molecule has 1 aliphatic heterocycles. The van der Waals surface area contributed by atoms with E-state index in [-0.39, 0.29) is 11.9 Å². The SMILES string of the molecule is CCN1C2=CC(=O)c3cncnc3C2=NC1C. The number of likely N-dealkylation sites (N-methyl/N-ethyl adjacent to an activating group) is 1. The zero-order valence-electron chi connectivity index (χ0n) is 9.71. The van der Waals surface area contributed by atoms with Gasteiger partial charge in [0.1, 0.15) is 23.9 Å². The number of rotatable bonds is 1. The molecule has 5 heteroatoms. The van der Waals surface area contributed by atoms with Gasteiger partial charge < -0.3 is 4.90 Å². The predicted octanol–water partition coefficient (Wildman–Crippen LogP) is 1.03.